The van der Waals surface area contributed by atoms with E-state index in [0.29, 0.717) is 0 Å². The van der Waals surface area contributed by atoms with E-state index in [9.17, 15) is 4.39 Å². The average Bonchev–Trinajstić information content (AvgIpc) is 2.57. The van der Waals surface area contributed by atoms with E-state index in [1.165, 1.54) is 17.7 Å². The monoisotopic (exact) mass is 378 g/mol. The van der Waals surface area contributed by atoms with Crippen molar-refractivity contribution < 1.29 is 9.13 Å². The Labute approximate surface area is 144 Å². The fourth-order valence-electron chi connectivity index (χ4n) is 2.93. The number of halogens is 2. The summed E-state index contributed by atoms with van der Waals surface area (Å²) in [5.41, 5.74) is 2.28. The Hall–Kier alpha value is -1.59. The predicted octanol–water partition coefficient (Wildman–Crippen LogP) is 3.92. The van der Waals surface area contributed by atoms with Gasteiger partial charge < -0.3 is 9.64 Å². The van der Waals surface area contributed by atoms with Crippen LogP contribution in [0.3, 0.4) is 0 Å². The van der Waals surface area contributed by atoms with E-state index in [4.69, 9.17) is 4.74 Å². The lowest BCUT2D eigenvalue weighted by atomic mass is 10.1. The fourth-order valence-corrected chi connectivity index (χ4v) is 3.34. The Balaban J connectivity index is 1.61. The smallest absolute Gasteiger partial charge is 0.123 e. The number of ether oxygens (including phenoxy) is 1. The predicted molar refractivity (Wildman–Crippen MR) is 94.6 cm³/mol. The molecule has 0 aliphatic carbocycles. The maximum atomic E-state index is 13.0. The zero-order valence-electron chi connectivity index (χ0n) is 13.1. The zero-order chi connectivity index (χ0) is 16.2. The summed E-state index contributed by atoms with van der Waals surface area (Å²) < 4.78 is 19.5. The lowest BCUT2D eigenvalue weighted by Gasteiger charge is -2.36. The molecule has 23 heavy (non-hydrogen) atoms. The van der Waals surface area contributed by atoms with Crippen LogP contribution in [0.15, 0.2) is 46.9 Å². The Bertz CT molecular complexity index is 655. The standard InChI is InChI=1S/C18H20BrFN2O/c1-23-18-7-2-15(19)12-14(18)13-21-8-10-22(11-9-21)17-5-3-16(20)4-6-17/h2-7,12H,8-11,13H2,1H3. The van der Waals surface area contributed by atoms with Crippen molar-refractivity contribution in [3.8, 4) is 5.75 Å². The highest BCUT2D eigenvalue weighted by Gasteiger charge is 2.18. The molecule has 0 amide bonds. The van der Waals surface area contributed by atoms with E-state index >= 15 is 0 Å². The maximum Gasteiger partial charge on any atom is 0.123 e. The highest BCUT2D eigenvalue weighted by Crippen LogP contribution is 2.25. The molecular formula is C18H20BrFN2O. The van der Waals surface area contributed by atoms with Crippen LogP contribution in [0, 0.1) is 5.82 Å². The lowest BCUT2D eigenvalue weighted by Crippen LogP contribution is -2.46. The molecule has 3 nitrogen and oxygen atoms in total. The minimum absolute atomic E-state index is 0.186. The van der Waals surface area contributed by atoms with Gasteiger partial charge in [-0.15, -0.1) is 0 Å². The topological polar surface area (TPSA) is 15.7 Å². The van der Waals surface area contributed by atoms with Crippen LogP contribution >= 0.6 is 15.9 Å². The number of methoxy groups -OCH3 is 1. The van der Waals surface area contributed by atoms with Gasteiger partial charge in [-0.25, -0.2) is 4.39 Å². The molecule has 0 aromatic heterocycles. The summed E-state index contributed by atoms with van der Waals surface area (Å²) in [6.45, 7) is 4.73. The van der Waals surface area contributed by atoms with Gasteiger partial charge in [-0.2, -0.15) is 0 Å². The van der Waals surface area contributed by atoms with E-state index < -0.39 is 0 Å². The molecule has 2 aromatic rings. The second-order valence-electron chi connectivity index (χ2n) is 5.70. The van der Waals surface area contributed by atoms with Crippen LogP contribution in [0.1, 0.15) is 5.56 Å². The van der Waals surface area contributed by atoms with Crippen LogP contribution in [0.5, 0.6) is 5.75 Å². The third-order valence-electron chi connectivity index (χ3n) is 4.20. The first-order valence-electron chi connectivity index (χ1n) is 7.71. The molecule has 1 heterocycles. The van der Waals surface area contributed by atoms with E-state index in [-0.39, 0.29) is 5.82 Å². The Morgan fingerprint density at radius 3 is 2.39 bits per heavy atom. The Morgan fingerprint density at radius 1 is 1.04 bits per heavy atom. The molecule has 0 bridgehead atoms. The molecular weight excluding hydrogens is 359 g/mol. The molecule has 1 aliphatic rings. The molecule has 2 aromatic carbocycles. The first-order valence-corrected chi connectivity index (χ1v) is 8.50. The van der Waals surface area contributed by atoms with E-state index in [0.717, 1.165) is 48.6 Å². The van der Waals surface area contributed by atoms with Gasteiger partial charge in [0.1, 0.15) is 11.6 Å². The molecule has 0 N–H and O–H groups in total. The highest BCUT2D eigenvalue weighted by atomic mass is 79.9. The van der Waals surface area contributed by atoms with Gasteiger partial charge in [-0.05, 0) is 42.5 Å². The van der Waals surface area contributed by atoms with E-state index in [1.807, 2.05) is 24.3 Å². The SMILES string of the molecule is COc1ccc(Br)cc1CN1CCN(c2ccc(F)cc2)CC1. The largest absolute Gasteiger partial charge is 0.496 e. The van der Waals surface area contributed by atoms with Crippen LogP contribution in [-0.4, -0.2) is 38.2 Å². The Morgan fingerprint density at radius 2 is 1.74 bits per heavy atom. The van der Waals surface area contributed by atoms with Gasteiger partial charge in [0, 0.05) is 48.4 Å². The normalized spacial score (nSPS) is 15.7. The molecule has 1 fully saturated rings. The van der Waals surface area contributed by atoms with Crippen LogP contribution < -0.4 is 9.64 Å². The summed E-state index contributed by atoms with van der Waals surface area (Å²) >= 11 is 3.52. The summed E-state index contributed by atoms with van der Waals surface area (Å²) in [7, 11) is 1.71. The van der Waals surface area contributed by atoms with Crippen molar-refractivity contribution in [3.05, 3.63) is 58.3 Å². The van der Waals surface area contributed by atoms with Crippen molar-refractivity contribution in [2.75, 3.05) is 38.2 Å². The second-order valence-corrected chi connectivity index (χ2v) is 6.61. The number of benzene rings is 2. The molecule has 0 spiro atoms. The van der Waals surface area contributed by atoms with Gasteiger partial charge in [-0.1, -0.05) is 15.9 Å². The molecule has 0 saturated carbocycles. The number of piperazine rings is 1. The second kappa shape index (κ2) is 7.32. The third-order valence-corrected chi connectivity index (χ3v) is 4.69. The van der Waals surface area contributed by atoms with Crippen molar-refractivity contribution in [2.45, 2.75) is 6.54 Å². The number of rotatable bonds is 4. The highest BCUT2D eigenvalue weighted by molar-refractivity contribution is 9.10. The zero-order valence-corrected chi connectivity index (χ0v) is 14.7. The van der Waals surface area contributed by atoms with Gasteiger partial charge >= 0.3 is 0 Å². The Kier molecular flexibility index (Phi) is 5.18. The van der Waals surface area contributed by atoms with Crippen molar-refractivity contribution in [3.63, 3.8) is 0 Å². The summed E-state index contributed by atoms with van der Waals surface area (Å²) in [5.74, 6) is 0.739. The van der Waals surface area contributed by atoms with Crippen LogP contribution in [0.25, 0.3) is 0 Å². The molecule has 5 heteroatoms. The van der Waals surface area contributed by atoms with Crippen LogP contribution in [0.4, 0.5) is 10.1 Å². The van der Waals surface area contributed by atoms with Gasteiger partial charge in [0.05, 0.1) is 7.11 Å². The fraction of sp³-hybridized carbons (Fsp3) is 0.333. The van der Waals surface area contributed by atoms with Crippen molar-refractivity contribution in [1.82, 2.24) is 4.90 Å². The van der Waals surface area contributed by atoms with Gasteiger partial charge in [-0.3, -0.25) is 4.90 Å². The van der Waals surface area contributed by atoms with Crippen LogP contribution in [0.2, 0.25) is 0 Å². The van der Waals surface area contributed by atoms with E-state index in [1.54, 1.807) is 7.11 Å². The van der Waals surface area contributed by atoms with Crippen molar-refractivity contribution in [2.24, 2.45) is 0 Å². The number of anilines is 1. The summed E-state index contributed by atoms with van der Waals surface area (Å²) in [6, 6.07) is 12.8. The summed E-state index contributed by atoms with van der Waals surface area (Å²) in [4.78, 5) is 4.72. The molecule has 1 saturated heterocycles. The first-order chi connectivity index (χ1) is 11.2. The average molecular weight is 379 g/mol. The molecule has 0 atom stereocenters. The molecule has 3 rings (SSSR count). The first kappa shape index (κ1) is 16.3. The quantitative estimate of drug-likeness (QED) is 0.801. The maximum absolute atomic E-state index is 13.0. The molecule has 0 radical (unpaired) electrons. The van der Waals surface area contributed by atoms with Gasteiger partial charge in [0.15, 0.2) is 0 Å². The van der Waals surface area contributed by atoms with Gasteiger partial charge in [0.2, 0.25) is 0 Å². The minimum atomic E-state index is -0.186. The number of nitrogens with zero attached hydrogens (tertiary/aromatic N) is 2. The summed E-state index contributed by atoms with van der Waals surface area (Å²) in [6.07, 6.45) is 0. The molecule has 0 unspecified atom stereocenters. The molecule has 122 valence electrons. The van der Waals surface area contributed by atoms with Crippen molar-refractivity contribution in [1.29, 1.82) is 0 Å². The van der Waals surface area contributed by atoms with Gasteiger partial charge in [0.25, 0.3) is 0 Å². The van der Waals surface area contributed by atoms with Crippen LogP contribution in [-0.2, 0) is 6.54 Å². The van der Waals surface area contributed by atoms with E-state index in [2.05, 4.69) is 31.8 Å². The summed E-state index contributed by atoms with van der Waals surface area (Å²) in [5, 5.41) is 0. The number of hydrogen-bond donors (Lipinski definition) is 0. The van der Waals surface area contributed by atoms with Crippen molar-refractivity contribution >= 4 is 21.6 Å². The lowest BCUT2D eigenvalue weighted by molar-refractivity contribution is 0.246. The minimum Gasteiger partial charge on any atom is -0.496 e. The molecule has 1 aliphatic heterocycles. The third kappa shape index (κ3) is 4.03. The number of hydrogen-bond acceptors (Lipinski definition) is 3.